The van der Waals surface area contributed by atoms with Crippen molar-refractivity contribution in [2.45, 2.75) is 64.3 Å². The quantitative estimate of drug-likeness (QED) is 0.309. The van der Waals surface area contributed by atoms with Gasteiger partial charge in [0.1, 0.15) is 0 Å². The van der Waals surface area contributed by atoms with E-state index in [-0.39, 0.29) is 24.0 Å². The maximum Gasteiger partial charge on any atom is 0.191 e. The average Bonchev–Trinajstić information content (AvgIpc) is 2.53. The van der Waals surface area contributed by atoms with E-state index in [1.54, 1.807) is 0 Å². The SMILES string of the molecule is CN=C(NCCCN1CCC(C)CC1)NC1CCCCC1.I. The minimum atomic E-state index is 0. The van der Waals surface area contributed by atoms with E-state index in [0.29, 0.717) is 6.04 Å². The Morgan fingerprint density at radius 1 is 1.09 bits per heavy atom. The van der Waals surface area contributed by atoms with Gasteiger partial charge in [-0.25, -0.2) is 0 Å². The summed E-state index contributed by atoms with van der Waals surface area (Å²) in [5, 5.41) is 7.05. The van der Waals surface area contributed by atoms with Crippen LogP contribution >= 0.6 is 24.0 Å². The van der Waals surface area contributed by atoms with Crippen LogP contribution in [-0.2, 0) is 0 Å². The van der Waals surface area contributed by atoms with Crippen molar-refractivity contribution in [2.75, 3.05) is 33.2 Å². The second-order valence-electron chi connectivity index (χ2n) is 6.86. The number of rotatable bonds is 5. The lowest BCUT2D eigenvalue weighted by atomic mass is 9.96. The van der Waals surface area contributed by atoms with Crippen molar-refractivity contribution in [1.29, 1.82) is 0 Å². The van der Waals surface area contributed by atoms with Gasteiger partial charge in [-0.1, -0.05) is 26.2 Å². The first-order valence-corrected chi connectivity index (χ1v) is 8.97. The average molecular weight is 422 g/mol. The summed E-state index contributed by atoms with van der Waals surface area (Å²) in [5.41, 5.74) is 0. The number of nitrogens with zero attached hydrogens (tertiary/aromatic N) is 2. The zero-order valence-electron chi connectivity index (χ0n) is 14.4. The molecule has 1 aliphatic carbocycles. The van der Waals surface area contributed by atoms with Crippen LogP contribution in [0.4, 0.5) is 0 Å². The highest BCUT2D eigenvalue weighted by Gasteiger charge is 2.16. The Balaban J connectivity index is 0.00000242. The number of guanidine groups is 1. The summed E-state index contributed by atoms with van der Waals surface area (Å²) >= 11 is 0. The topological polar surface area (TPSA) is 39.7 Å². The van der Waals surface area contributed by atoms with E-state index in [2.05, 4.69) is 27.4 Å². The Morgan fingerprint density at radius 3 is 2.41 bits per heavy atom. The number of likely N-dealkylation sites (tertiary alicyclic amines) is 1. The molecule has 0 atom stereocenters. The monoisotopic (exact) mass is 422 g/mol. The second-order valence-corrected chi connectivity index (χ2v) is 6.86. The molecule has 0 bridgehead atoms. The molecule has 4 nitrogen and oxygen atoms in total. The number of piperidine rings is 1. The highest BCUT2D eigenvalue weighted by molar-refractivity contribution is 14.0. The molecule has 0 aromatic heterocycles. The maximum atomic E-state index is 4.36. The number of aliphatic imine (C=N–C) groups is 1. The third-order valence-corrected chi connectivity index (χ3v) is 4.99. The van der Waals surface area contributed by atoms with Gasteiger partial charge in [0.05, 0.1) is 0 Å². The number of halogens is 1. The molecule has 0 radical (unpaired) electrons. The van der Waals surface area contributed by atoms with Crippen molar-refractivity contribution >= 4 is 29.9 Å². The third kappa shape index (κ3) is 7.49. The van der Waals surface area contributed by atoms with Gasteiger partial charge in [0.25, 0.3) is 0 Å². The van der Waals surface area contributed by atoms with Gasteiger partial charge in [-0.05, 0) is 57.7 Å². The predicted octanol–water partition coefficient (Wildman–Crippen LogP) is 3.22. The van der Waals surface area contributed by atoms with Crippen LogP contribution in [-0.4, -0.2) is 50.1 Å². The van der Waals surface area contributed by atoms with Gasteiger partial charge in [-0.2, -0.15) is 0 Å². The highest BCUT2D eigenvalue weighted by Crippen LogP contribution is 2.17. The van der Waals surface area contributed by atoms with E-state index in [9.17, 15) is 0 Å². The van der Waals surface area contributed by atoms with E-state index in [4.69, 9.17) is 0 Å². The summed E-state index contributed by atoms with van der Waals surface area (Å²) in [4.78, 5) is 6.97. The van der Waals surface area contributed by atoms with E-state index in [1.807, 2.05) is 7.05 Å². The normalized spacial score (nSPS) is 22.2. The summed E-state index contributed by atoms with van der Waals surface area (Å²) in [6.45, 7) is 7.20. The van der Waals surface area contributed by atoms with Crippen molar-refractivity contribution in [1.82, 2.24) is 15.5 Å². The summed E-state index contributed by atoms with van der Waals surface area (Å²) in [5.74, 6) is 1.92. The van der Waals surface area contributed by atoms with Gasteiger partial charge in [0, 0.05) is 19.6 Å². The first-order valence-electron chi connectivity index (χ1n) is 8.97. The van der Waals surface area contributed by atoms with Crippen LogP contribution in [0, 0.1) is 5.92 Å². The summed E-state index contributed by atoms with van der Waals surface area (Å²) in [7, 11) is 1.88. The number of nitrogens with one attached hydrogen (secondary N) is 2. The van der Waals surface area contributed by atoms with Crippen LogP contribution in [0.1, 0.15) is 58.3 Å². The summed E-state index contributed by atoms with van der Waals surface area (Å²) < 4.78 is 0. The summed E-state index contributed by atoms with van der Waals surface area (Å²) in [6.07, 6.45) is 10.7. The molecule has 2 rings (SSSR count). The molecule has 1 heterocycles. The molecule has 2 N–H and O–H groups in total. The molecule has 130 valence electrons. The smallest absolute Gasteiger partial charge is 0.191 e. The van der Waals surface area contributed by atoms with E-state index < -0.39 is 0 Å². The number of hydrogen-bond donors (Lipinski definition) is 2. The van der Waals surface area contributed by atoms with Gasteiger partial charge in [0.2, 0.25) is 0 Å². The van der Waals surface area contributed by atoms with Gasteiger partial charge in [-0.3, -0.25) is 4.99 Å². The van der Waals surface area contributed by atoms with Crippen LogP contribution < -0.4 is 10.6 Å². The Kier molecular flexibility index (Phi) is 10.4. The molecule has 1 saturated carbocycles. The minimum absolute atomic E-state index is 0. The molecule has 0 spiro atoms. The Bertz CT molecular complexity index is 308. The van der Waals surface area contributed by atoms with E-state index >= 15 is 0 Å². The maximum absolute atomic E-state index is 4.36. The largest absolute Gasteiger partial charge is 0.356 e. The van der Waals surface area contributed by atoms with Crippen molar-refractivity contribution in [3.8, 4) is 0 Å². The van der Waals surface area contributed by atoms with Crippen LogP contribution in [0.25, 0.3) is 0 Å². The molecular formula is C17H35IN4. The van der Waals surface area contributed by atoms with Crippen molar-refractivity contribution in [3.05, 3.63) is 0 Å². The highest BCUT2D eigenvalue weighted by atomic mass is 127. The lowest BCUT2D eigenvalue weighted by Gasteiger charge is -2.30. The lowest BCUT2D eigenvalue weighted by Crippen LogP contribution is -2.45. The molecule has 2 aliphatic rings. The van der Waals surface area contributed by atoms with Crippen molar-refractivity contribution in [3.63, 3.8) is 0 Å². The van der Waals surface area contributed by atoms with Crippen LogP contribution in [0.2, 0.25) is 0 Å². The van der Waals surface area contributed by atoms with E-state index in [1.165, 1.54) is 71.0 Å². The molecular weight excluding hydrogens is 387 g/mol. The second kappa shape index (κ2) is 11.5. The molecule has 0 aromatic rings. The zero-order chi connectivity index (χ0) is 14.9. The van der Waals surface area contributed by atoms with Gasteiger partial charge in [-0.15, -0.1) is 24.0 Å². The van der Waals surface area contributed by atoms with Gasteiger partial charge < -0.3 is 15.5 Å². The van der Waals surface area contributed by atoms with Crippen LogP contribution in [0.5, 0.6) is 0 Å². The molecule has 0 unspecified atom stereocenters. The Morgan fingerprint density at radius 2 is 1.77 bits per heavy atom. The van der Waals surface area contributed by atoms with Crippen molar-refractivity contribution < 1.29 is 0 Å². The molecule has 1 aliphatic heterocycles. The minimum Gasteiger partial charge on any atom is -0.356 e. The fourth-order valence-corrected chi connectivity index (χ4v) is 3.43. The summed E-state index contributed by atoms with van der Waals surface area (Å²) in [6, 6.07) is 0.633. The van der Waals surface area contributed by atoms with Gasteiger partial charge >= 0.3 is 0 Å². The fraction of sp³-hybridized carbons (Fsp3) is 0.941. The molecule has 0 aromatic carbocycles. The lowest BCUT2D eigenvalue weighted by molar-refractivity contribution is 0.191. The van der Waals surface area contributed by atoms with Crippen molar-refractivity contribution in [2.24, 2.45) is 10.9 Å². The predicted molar refractivity (Wildman–Crippen MR) is 106 cm³/mol. The Labute approximate surface area is 153 Å². The molecule has 0 amide bonds. The number of hydrogen-bond acceptors (Lipinski definition) is 2. The molecule has 22 heavy (non-hydrogen) atoms. The fourth-order valence-electron chi connectivity index (χ4n) is 3.43. The van der Waals surface area contributed by atoms with Gasteiger partial charge in [0.15, 0.2) is 5.96 Å². The van der Waals surface area contributed by atoms with Crippen LogP contribution in [0.3, 0.4) is 0 Å². The van der Waals surface area contributed by atoms with Crippen LogP contribution in [0.15, 0.2) is 4.99 Å². The first kappa shape index (κ1) is 20.0. The van der Waals surface area contributed by atoms with E-state index in [0.717, 1.165) is 18.4 Å². The molecule has 2 fully saturated rings. The molecule has 1 saturated heterocycles. The Hall–Kier alpha value is -0.0400. The first-order chi connectivity index (χ1) is 10.3. The third-order valence-electron chi connectivity index (χ3n) is 4.99. The standard InChI is InChI=1S/C17H34N4.HI/c1-15-9-13-21(14-10-15)12-6-11-19-17(18-2)20-16-7-4-3-5-8-16;/h15-16H,3-14H2,1-2H3,(H2,18,19,20);1H. The zero-order valence-corrected chi connectivity index (χ0v) is 16.8. The molecule has 5 heteroatoms.